The number of fused-ring (bicyclic) bond motifs is 1. The van der Waals surface area contributed by atoms with Crippen molar-refractivity contribution in [3.63, 3.8) is 0 Å². The maximum absolute atomic E-state index is 11.7. The summed E-state index contributed by atoms with van der Waals surface area (Å²) >= 11 is 1.49. The Balaban J connectivity index is 2.09. The summed E-state index contributed by atoms with van der Waals surface area (Å²) in [6, 6.07) is 1.91. The van der Waals surface area contributed by atoms with Gasteiger partial charge in [0, 0.05) is 5.54 Å². The lowest BCUT2D eigenvalue weighted by Crippen LogP contribution is -2.43. The second-order valence-electron chi connectivity index (χ2n) is 5.22. The third-order valence-electron chi connectivity index (χ3n) is 2.27. The zero-order valence-electron chi connectivity index (χ0n) is 11.2. The Labute approximate surface area is 115 Å². The molecule has 2 heterocycles. The average molecular weight is 279 g/mol. The van der Waals surface area contributed by atoms with Crippen LogP contribution in [0.4, 0.5) is 11.8 Å². The number of amides is 1. The second kappa shape index (κ2) is 5.00. The lowest BCUT2D eigenvalue weighted by molar-refractivity contribution is -0.120. The van der Waals surface area contributed by atoms with E-state index in [9.17, 15) is 4.79 Å². The molecule has 0 aliphatic rings. The van der Waals surface area contributed by atoms with Crippen LogP contribution < -0.4 is 16.4 Å². The number of aromatic nitrogens is 2. The molecule has 0 atom stereocenters. The highest BCUT2D eigenvalue weighted by atomic mass is 32.1. The molecule has 102 valence electrons. The van der Waals surface area contributed by atoms with Crippen molar-refractivity contribution < 1.29 is 4.79 Å². The first-order valence-corrected chi connectivity index (χ1v) is 6.79. The molecule has 6 nitrogen and oxygen atoms in total. The van der Waals surface area contributed by atoms with Gasteiger partial charge >= 0.3 is 0 Å². The van der Waals surface area contributed by atoms with Gasteiger partial charge in [-0.3, -0.25) is 4.79 Å². The Bertz CT molecular complexity index is 602. The van der Waals surface area contributed by atoms with Crippen molar-refractivity contribution >= 4 is 39.2 Å². The number of nitrogen functional groups attached to an aromatic ring is 1. The lowest BCUT2D eigenvalue weighted by atomic mass is 10.1. The molecule has 19 heavy (non-hydrogen) atoms. The van der Waals surface area contributed by atoms with Crippen molar-refractivity contribution in [3.8, 4) is 0 Å². The maximum atomic E-state index is 11.7. The van der Waals surface area contributed by atoms with Gasteiger partial charge in [-0.25, -0.2) is 4.98 Å². The molecular formula is C12H17N5OS. The minimum Gasteiger partial charge on any atom is -0.368 e. The molecule has 0 aliphatic carbocycles. The predicted molar refractivity (Wildman–Crippen MR) is 78.2 cm³/mol. The lowest BCUT2D eigenvalue weighted by Gasteiger charge is -2.20. The van der Waals surface area contributed by atoms with E-state index in [1.54, 1.807) is 0 Å². The van der Waals surface area contributed by atoms with Gasteiger partial charge in [0.2, 0.25) is 11.9 Å². The zero-order valence-corrected chi connectivity index (χ0v) is 12.0. The van der Waals surface area contributed by atoms with Crippen LogP contribution in [0.3, 0.4) is 0 Å². The van der Waals surface area contributed by atoms with Gasteiger partial charge in [0.25, 0.3) is 0 Å². The summed E-state index contributed by atoms with van der Waals surface area (Å²) < 4.78 is 0. The van der Waals surface area contributed by atoms with Crippen LogP contribution in [0.15, 0.2) is 11.4 Å². The summed E-state index contributed by atoms with van der Waals surface area (Å²) in [5.74, 6) is 0.703. The molecule has 7 heteroatoms. The molecule has 0 saturated heterocycles. The molecule has 0 fully saturated rings. The Hall–Kier alpha value is -1.89. The fourth-order valence-corrected chi connectivity index (χ4v) is 2.40. The van der Waals surface area contributed by atoms with Gasteiger partial charge < -0.3 is 16.4 Å². The van der Waals surface area contributed by atoms with E-state index in [-0.39, 0.29) is 23.9 Å². The number of anilines is 2. The zero-order chi connectivity index (χ0) is 14.0. The molecule has 0 aliphatic heterocycles. The topological polar surface area (TPSA) is 92.9 Å². The number of hydrogen-bond acceptors (Lipinski definition) is 6. The standard InChI is InChI=1S/C12H17N5OS/c1-12(2,3)17-8(18)6-14-9-7-4-5-19-10(7)16-11(13)15-9/h4-5H,6H2,1-3H3,(H,17,18)(H3,13,14,15,16). The highest BCUT2D eigenvalue weighted by molar-refractivity contribution is 7.16. The van der Waals surface area contributed by atoms with Crippen molar-refractivity contribution in [2.24, 2.45) is 0 Å². The van der Waals surface area contributed by atoms with Gasteiger partial charge in [0.1, 0.15) is 10.6 Å². The molecule has 0 spiro atoms. The van der Waals surface area contributed by atoms with E-state index in [0.717, 1.165) is 10.2 Å². The molecule has 0 unspecified atom stereocenters. The molecule has 0 bridgehead atoms. The minimum absolute atomic E-state index is 0.0898. The predicted octanol–water partition coefficient (Wildman–Crippen LogP) is 1.60. The summed E-state index contributed by atoms with van der Waals surface area (Å²) in [5.41, 5.74) is 5.39. The Morgan fingerprint density at radius 1 is 1.42 bits per heavy atom. The highest BCUT2D eigenvalue weighted by Gasteiger charge is 2.14. The van der Waals surface area contributed by atoms with E-state index in [1.165, 1.54) is 11.3 Å². The van der Waals surface area contributed by atoms with Crippen LogP contribution in [-0.2, 0) is 4.79 Å². The Kier molecular flexibility index (Phi) is 3.57. The van der Waals surface area contributed by atoms with Gasteiger partial charge in [-0.2, -0.15) is 4.98 Å². The molecule has 0 saturated carbocycles. The van der Waals surface area contributed by atoms with E-state index in [0.29, 0.717) is 5.82 Å². The van der Waals surface area contributed by atoms with Crippen molar-refractivity contribution in [2.75, 3.05) is 17.6 Å². The first-order chi connectivity index (χ1) is 8.85. The second-order valence-corrected chi connectivity index (χ2v) is 6.12. The summed E-state index contributed by atoms with van der Waals surface area (Å²) in [6.45, 7) is 5.96. The molecule has 2 aromatic rings. The summed E-state index contributed by atoms with van der Waals surface area (Å²) in [6.07, 6.45) is 0. The monoisotopic (exact) mass is 279 g/mol. The molecule has 0 radical (unpaired) electrons. The first kappa shape index (κ1) is 13.5. The van der Waals surface area contributed by atoms with Crippen molar-refractivity contribution in [2.45, 2.75) is 26.3 Å². The number of hydrogen-bond donors (Lipinski definition) is 3. The molecule has 0 aromatic carbocycles. The summed E-state index contributed by atoms with van der Waals surface area (Å²) in [5, 5.41) is 8.67. The molecule has 2 aromatic heterocycles. The van der Waals surface area contributed by atoms with Crippen LogP contribution in [0.1, 0.15) is 20.8 Å². The van der Waals surface area contributed by atoms with Crippen LogP contribution in [-0.4, -0.2) is 28.0 Å². The van der Waals surface area contributed by atoms with Crippen molar-refractivity contribution in [1.29, 1.82) is 0 Å². The largest absolute Gasteiger partial charge is 0.368 e. The van der Waals surface area contributed by atoms with Crippen molar-refractivity contribution in [3.05, 3.63) is 11.4 Å². The Morgan fingerprint density at radius 2 is 2.16 bits per heavy atom. The Morgan fingerprint density at radius 3 is 2.84 bits per heavy atom. The third kappa shape index (κ3) is 3.54. The fourth-order valence-electron chi connectivity index (χ4n) is 1.63. The number of nitrogens with zero attached hydrogens (tertiary/aromatic N) is 2. The number of nitrogens with one attached hydrogen (secondary N) is 2. The number of nitrogens with two attached hydrogens (primary N) is 1. The normalized spacial score (nSPS) is 11.5. The number of carbonyl (C=O) groups excluding carboxylic acids is 1. The minimum atomic E-state index is -0.249. The van der Waals surface area contributed by atoms with Crippen LogP contribution in [0.25, 0.3) is 10.2 Å². The van der Waals surface area contributed by atoms with Gasteiger partial charge in [-0.15, -0.1) is 11.3 Å². The van der Waals surface area contributed by atoms with Crippen LogP contribution in [0, 0.1) is 0 Å². The van der Waals surface area contributed by atoms with E-state index >= 15 is 0 Å². The van der Waals surface area contributed by atoms with Gasteiger partial charge in [0.15, 0.2) is 0 Å². The van der Waals surface area contributed by atoms with Gasteiger partial charge in [-0.05, 0) is 32.2 Å². The smallest absolute Gasteiger partial charge is 0.239 e. The SMILES string of the molecule is CC(C)(C)NC(=O)CNc1nc(N)nc2sccc12. The van der Waals surface area contributed by atoms with E-state index in [4.69, 9.17) is 5.73 Å². The number of rotatable bonds is 3. The number of carbonyl (C=O) groups is 1. The average Bonchev–Trinajstić information content (AvgIpc) is 2.71. The highest BCUT2D eigenvalue weighted by Crippen LogP contribution is 2.25. The maximum Gasteiger partial charge on any atom is 0.239 e. The molecular weight excluding hydrogens is 262 g/mol. The molecule has 4 N–H and O–H groups in total. The summed E-state index contributed by atoms with van der Waals surface area (Å²) in [7, 11) is 0. The molecule has 1 amide bonds. The number of thiophene rings is 1. The van der Waals surface area contributed by atoms with E-state index in [1.807, 2.05) is 32.2 Å². The molecule has 2 rings (SSSR count). The quantitative estimate of drug-likeness (QED) is 0.793. The van der Waals surface area contributed by atoms with Crippen molar-refractivity contribution in [1.82, 2.24) is 15.3 Å². The first-order valence-electron chi connectivity index (χ1n) is 5.91. The fraction of sp³-hybridized carbons (Fsp3) is 0.417. The van der Waals surface area contributed by atoms with Crippen LogP contribution in [0.2, 0.25) is 0 Å². The van der Waals surface area contributed by atoms with E-state index < -0.39 is 0 Å². The van der Waals surface area contributed by atoms with Crippen LogP contribution >= 0.6 is 11.3 Å². The summed E-state index contributed by atoms with van der Waals surface area (Å²) in [4.78, 5) is 20.8. The van der Waals surface area contributed by atoms with Crippen LogP contribution in [0.5, 0.6) is 0 Å². The van der Waals surface area contributed by atoms with Gasteiger partial charge in [-0.1, -0.05) is 0 Å². The van der Waals surface area contributed by atoms with E-state index in [2.05, 4.69) is 20.6 Å². The van der Waals surface area contributed by atoms with Gasteiger partial charge in [0.05, 0.1) is 11.9 Å². The third-order valence-corrected chi connectivity index (χ3v) is 3.08.